The van der Waals surface area contributed by atoms with Gasteiger partial charge in [0.15, 0.2) is 0 Å². The van der Waals surface area contributed by atoms with E-state index in [0.717, 1.165) is 67.4 Å². The van der Waals surface area contributed by atoms with E-state index in [1.54, 1.807) is 10.8 Å². The van der Waals surface area contributed by atoms with Crippen LogP contribution in [0.3, 0.4) is 0 Å². The Kier molecular flexibility index (Phi) is 5.11. The van der Waals surface area contributed by atoms with Crippen molar-refractivity contribution in [3.63, 3.8) is 0 Å². The molecule has 0 bridgehead atoms. The number of halogens is 1. The molecular formula is C27H29FN6O2. The minimum Gasteiger partial charge on any atom is -0.380 e. The average Bonchev–Trinajstić information content (AvgIpc) is 3.20. The third-order valence-corrected chi connectivity index (χ3v) is 7.92. The molecule has 36 heavy (non-hydrogen) atoms. The largest absolute Gasteiger partial charge is 0.380 e. The molecule has 2 saturated heterocycles. The zero-order valence-electron chi connectivity index (χ0n) is 20.1. The van der Waals surface area contributed by atoms with Gasteiger partial charge in [-0.1, -0.05) is 6.07 Å². The fraction of sp³-hybridized carbons (Fsp3) is 0.444. The van der Waals surface area contributed by atoms with Crippen molar-refractivity contribution in [2.45, 2.75) is 32.1 Å². The first-order valence-electron chi connectivity index (χ1n) is 12.7. The molecule has 186 valence electrons. The first-order chi connectivity index (χ1) is 17.6. The van der Waals surface area contributed by atoms with Crippen LogP contribution < -0.4 is 15.8 Å². The van der Waals surface area contributed by atoms with Gasteiger partial charge in [0.05, 0.1) is 48.1 Å². The van der Waals surface area contributed by atoms with Gasteiger partial charge in [-0.25, -0.2) is 9.37 Å². The number of imidazole rings is 1. The lowest BCUT2D eigenvalue weighted by molar-refractivity contribution is -0.126. The van der Waals surface area contributed by atoms with Crippen LogP contribution in [0.2, 0.25) is 0 Å². The highest BCUT2D eigenvalue weighted by Gasteiger charge is 2.49. The average molecular weight is 489 g/mol. The SMILES string of the molecule is O=c1c2cncc(N3CC4(COC4)C3)c2ccn1Cc1cn2cc(CNCC3CC(F)C3)ccc2n1. The molecule has 0 radical (unpaired) electrons. The summed E-state index contributed by atoms with van der Waals surface area (Å²) in [6.45, 7) is 5.54. The van der Waals surface area contributed by atoms with Crippen LogP contribution in [-0.2, 0) is 17.8 Å². The van der Waals surface area contributed by atoms with Crippen LogP contribution in [0.5, 0.6) is 0 Å². The van der Waals surface area contributed by atoms with Gasteiger partial charge in [-0.15, -0.1) is 0 Å². The lowest BCUT2D eigenvalue weighted by Crippen LogP contribution is -2.66. The van der Waals surface area contributed by atoms with E-state index >= 15 is 0 Å². The summed E-state index contributed by atoms with van der Waals surface area (Å²) < 4.78 is 22.1. The first-order valence-corrected chi connectivity index (χ1v) is 12.7. The van der Waals surface area contributed by atoms with Gasteiger partial charge < -0.3 is 23.9 Å². The van der Waals surface area contributed by atoms with Crippen LogP contribution in [0.25, 0.3) is 16.4 Å². The number of alkyl halides is 1. The molecule has 1 saturated carbocycles. The number of fused-ring (bicyclic) bond motifs is 2. The summed E-state index contributed by atoms with van der Waals surface area (Å²) in [6, 6.07) is 6.07. The van der Waals surface area contributed by atoms with E-state index in [4.69, 9.17) is 9.72 Å². The molecule has 1 spiro atoms. The van der Waals surface area contributed by atoms with E-state index in [1.165, 1.54) is 0 Å². The second-order valence-electron chi connectivity index (χ2n) is 10.8. The molecule has 3 fully saturated rings. The van der Waals surface area contributed by atoms with Crippen molar-refractivity contribution in [2.75, 3.05) is 37.7 Å². The zero-order chi connectivity index (χ0) is 24.3. The fourth-order valence-electron chi connectivity index (χ4n) is 5.76. The Hall–Kier alpha value is -3.30. The van der Waals surface area contributed by atoms with Crippen molar-refractivity contribution < 1.29 is 9.13 Å². The minimum atomic E-state index is -0.610. The van der Waals surface area contributed by atoms with Crippen molar-refractivity contribution in [1.82, 2.24) is 24.3 Å². The van der Waals surface area contributed by atoms with Gasteiger partial charge in [-0.2, -0.15) is 0 Å². The topological polar surface area (TPSA) is 76.7 Å². The number of pyridine rings is 3. The van der Waals surface area contributed by atoms with Crippen LogP contribution in [-0.4, -0.2) is 58.0 Å². The maximum atomic E-state index is 13.3. The van der Waals surface area contributed by atoms with Crippen molar-refractivity contribution in [2.24, 2.45) is 11.3 Å². The highest BCUT2D eigenvalue weighted by atomic mass is 19.1. The summed E-state index contributed by atoms with van der Waals surface area (Å²) in [6.07, 6.45) is 10.2. The van der Waals surface area contributed by atoms with E-state index < -0.39 is 6.17 Å². The molecule has 0 unspecified atom stereocenters. The number of nitrogens with zero attached hydrogens (tertiary/aromatic N) is 5. The molecule has 4 aromatic heterocycles. The number of hydrogen-bond acceptors (Lipinski definition) is 6. The number of aromatic nitrogens is 4. The smallest absolute Gasteiger partial charge is 0.260 e. The van der Waals surface area contributed by atoms with Crippen LogP contribution in [0.1, 0.15) is 24.1 Å². The van der Waals surface area contributed by atoms with E-state index in [2.05, 4.69) is 27.5 Å². The number of hydrogen-bond donors (Lipinski definition) is 1. The third kappa shape index (κ3) is 3.77. The Morgan fingerprint density at radius 1 is 1.11 bits per heavy atom. The molecule has 2 aliphatic heterocycles. The lowest BCUT2D eigenvalue weighted by atomic mass is 9.77. The minimum absolute atomic E-state index is 0.0578. The molecule has 7 rings (SSSR count). The summed E-state index contributed by atoms with van der Waals surface area (Å²) in [4.78, 5) is 24.7. The molecule has 1 aliphatic carbocycles. The Morgan fingerprint density at radius 2 is 1.97 bits per heavy atom. The molecule has 4 aromatic rings. The number of anilines is 1. The zero-order valence-corrected chi connectivity index (χ0v) is 20.1. The predicted octanol–water partition coefficient (Wildman–Crippen LogP) is 2.77. The second-order valence-corrected chi connectivity index (χ2v) is 10.8. The van der Waals surface area contributed by atoms with Crippen molar-refractivity contribution in [1.29, 1.82) is 0 Å². The van der Waals surface area contributed by atoms with Crippen molar-refractivity contribution in [3.05, 3.63) is 70.8 Å². The molecule has 1 N–H and O–H groups in total. The first kappa shape index (κ1) is 21.9. The molecule has 0 aromatic carbocycles. The van der Waals surface area contributed by atoms with Crippen molar-refractivity contribution >= 4 is 22.1 Å². The second kappa shape index (κ2) is 8.38. The summed E-state index contributed by atoms with van der Waals surface area (Å²) in [7, 11) is 0. The summed E-state index contributed by atoms with van der Waals surface area (Å²) >= 11 is 0. The summed E-state index contributed by atoms with van der Waals surface area (Å²) in [5, 5.41) is 5.00. The summed E-state index contributed by atoms with van der Waals surface area (Å²) in [5.74, 6) is 0.454. The molecule has 0 amide bonds. The van der Waals surface area contributed by atoms with Crippen LogP contribution in [0, 0.1) is 11.3 Å². The normalized spacial score (nSPS) is 22.5. The van der Waals surface area contributed by atoms with Crippen LogP contribution >= 0.6 is 0 Å². The third-order valence-electron chi connectivity index (χ3n) is 7.92. The lowest BCUT2D eigenvalue weighted by Gasteiger charge is -2.56. The van der Waals surface area contributed by atoms with Gasteiger partial charge in [-0.05, 0) is 43.0 Å². The van der Waals surface area contributed by atoms with E-state index in [9.17, 15) is 9.18 Å². The standard InChI is InChI=1S/C27H29FN6O2/c28-20-5-19(6-20)8-29-7-18-1-2-25-31-21(13-33(25)11-18)12-32-4-3-22-23(26(32)35)9-30-10-24(22)34-14-27(15-34)16-36-17-27/h1-4,9-11,13,19-20,29H,5-8,12,14-17H2. The molecule has 9 heteroatoms. The Bertz CT molecular complexity index is 1500. The highest BCUT2D eigenvalue weighted by molar-refractivity contribution is 5.93. The molecule has 8 nitrogen and oxygen atoms in total. The summed E-state index contributed by atoms with van der Waals surface area (Å²) in [5.41, 5.74) is 4.07. The Morgan fingerprint density at radius 3 is 2.75 bits per heavy atom. The molecule has 3 aliphatic rings. The number of nitrogens with one attached hydrogen (secondary N) is 1. The molecule has 6 heterocycles. The van der Waals surface area contributed by atoms with Gasteiger partial charge in [0.2, 0.25) is 0 Å². The van der Waals surface area contributed by atoms with E-state index in [1.807, 2.05) is 35.1 Å². The predicted molar refractivity (Wildman–Crippen MR) is 135 cm³/mol. The molecule has 0 atom stereocenters. The fourth-order valence-corrected chi connectivity index (χ4v) is 5.76. The van der Waals surface area contributed by atoms with Gasteiger partial charge in [0, 0.05) is 49.8 Å². The number of ether oxygens (including phenoxy) is 1. The Labute approximate surface area is 207 Å². The van der Waals surface area contributed by atoms with Gasteiger partial charge in [0.1, 0.15) is 11.8 Å². The quantitative estimate of drug-likeness (QED) is 0.431. The van der Waals surface area contributed by atoms with Crippen LogP contribution in [0.15, 0.2) is 54.0 Å². The van der Waals surface area contributed by atoms with Gasteiger partial charge in [0.25, 0.3) is 5.56 Å². The highest BCUT2D eigenvalue weighted by Crippen LogP contribution is 2.41. The molecular weight excluding hydrogens is 459 g/mol. The Balaban J connectivity index is 1.07. The van der Waals surface area contributed by atoms with Crippen LogP contribution in [0.4, 0.5) is 10.1 Å². The van der Waals surface area contributed by atoms with E-state index in [-0.39, 0.29) is 5.56 Å². The van der Waals surface area contributed by atoms with Crippen molar-refractivity contribution in [3.8, 4) is 0 Å². The maximum Gasteiger partial charge on any atom is 0.260 e. The van der Waals surface area contributed by atoms with E-state index in [0.29, 0.717) is 36.1 Å². The van der Waals surface area contributed by atoms with Gasteiger partial charge in [-0.3, -0.25) is 9.78 Å². The van der Waals surface area contributed by atoms with Gasteiger partial charge >= 0.3 is 0 Å². The number of rotatable bonds is 7. The maximum absolute atomic E-state index is 13.3. The monoisotopic (exact) mass is 488 g/mol.